The van der Waals surface area contributed by atoms with E-state index in [0.29, 0.717) is 0 Å². The molecule has 0 N–H and O–H groups in total. The van der Waals surface area contributed by atoms with Gasteiger partial charge in [0.25, 0.3) is 0 Å². The summed E-state index contributed by atoms with van der Waals surface area (Å²) in [5.41, 5.74) is 26.5. The van der Waals surface area contributed by atoms with E-state index in [9.17, 15) is 0 Å². The van der Waals surface area contributed by atoms with Crippen molar-refractivity contribution in [2.45, 2.75) is 40.0 Å². The highest BCUT2D eigenvalue weighted by Gasteiger charge is 2.39. The molecule has 1 aliphatic carbocycles. The van der Waals surface area contributed by atoms with Gasteiger partial charge in [0.2, 0.25) is 0 Å². The summed E-state index contributed by atoms with van der Waals surface area (Å²) < 4.78 is 6.87. The third-order valence-corrected chi connectivity index (χ3v) is 17.2. The van der Waals surface area contributed by atoms with Gasteiger partial charge in [-0.3, -0.25) is 0 Å². The highest BCUT2D eigenvalue weighted by Crippen LogP contribution is 2.66. The van der Waals surface area contributed by atoms with E-state index < -0.39 is 0 Å². The van der Waals surface area contributed by atoms with Crippen molar-refractivity contribution in [3.63, 3.8) is 0 Å². The third kappa shape index (κ3) is 8.17. The second-order valence-electron chi connectivity index (χ2n) is 23.2. The second-order valence-corrected chi connectivity index (χ2v) is 23.2. The SMILES string of the molecule is Cc1ccc(C(C)(C)C)cc1N(c1ccccc1)c1ccc2c(-c3ccccc3)c3c(c(-c4ccccc4)c2c1)-c1c-3c(-c2ccccc2)c2cc(N(c3ccccc3C)c3cccc4c3oc3ccccc34)ccc2c1-c1ccccc1. The summed E-state index contributed by atoms with van der Waals surface area (Å²) in [7, 11) is 0. The van der Waals surface area contributed by atoms with E-state index in [1.165, 1.54) is 105 Å². The Labute approximate surface area is 485 Å². The van der Waals surface area contributed by atoms with Gasteiger partial charge < -0.3 is 14.2 Å². The molecular weight excluding hydrogens is 1000 g/mol. The number of benzene rings is 13. The summed E-state index contributed by atoms with van der Waals surface area (Å²) in [6.45, 7) is 11.4. The predicted octanol–water partition coefficient (Wildman–Crippen LogP) is 23.1. The number of aryl methyl sites for hydroxylation is 2. The molecule has 0 aliphatic heterocycles. The number of nitrogens with zero attached hydrogens (tertiary/aromatic N) is 2. The molecule has 396 valence electrons. The summed E-state index contributed by atoms with van der Waals surface area (Å²) in [4.78, 5) is 4.88. The summed E-state index contributed by atoms with van der Waals surface area (Å²) >= 11 is 0. The lowest BCUT2D eigenvalue weighted by Crippen LogP contribution is -2.16. The molecule has 0 saturated heterocycles. The third-order valence-electron chi connectivity index (χ3n) is 17.2. The lowest BCUT2D eigenvalue weighted by molar-refractivity contribution is 0.590. The van der Waals surface area contributed by atoms with Crippen LogP contribution in [0.1, 0.15) is 37.5 Å². The Bertz CT molecular complexity index is 4830. The number of fused-ring (bicyclic) bond motifs is 9. The van der Waals surface area contributed by atoms with Crippen LogP contribution in [0.5, 0.6) is 0 Å². The standard InChI is InChI=1S/C80H60N2O/c1-51-26-21-23-39-67(51)82(68-40-25-38-64-61-37-22-24-41-70(61)83-79(64)68)60-45-47-63-66(50-60)74(56-33-17-9-18-34-56)78-75-71(53-27-11-6-12-28-53)62-46-44-59(81(58-35-19-10-20-36-58)69-48-57(80(3,4)5)43-42-52(69)2)49-65(62)73(55-31-15-8-16-32-55)77(75)76(78)72(63)54-29-13-7-14-30-54/h6-50H,1-5H3. The van der Waals surface area contributed by atoms with Crippen molar-refractivity contribution in [2.24, 2.45) is 0 Å². The van der Waals surface area contributed by atoms with Crippen molar-refractivity contribution in [1.29, 1.82) is 0 Å². The van der Waals surface area contributed by atoms with Gasteiger partial charge in [0.15, 0.2) is 5.58 Å². The smallest absolute Gasteiger partial charge is 0.159 e. The fourth-order valence-electron chi connectivity index (χ4n) is 13.2. The number of hydrogen-bond donors (Lipinski definition) is 0. The number of rotatable bonds is 10. The molecule has 0 amide bonds. The normalized spacial score (nSPS) is 11.9. The van der Waals surface area contributed by atoms with Gasteiger partial charge in [0.05, 0.1) is 5.69 Å². The lowest BCUT2D eigenvalue weighted by Gasteiger charge is -2.38. The molecule has 14 aromatic rings. The van der Waals surface area contributed by atoms with Crippen molar-refractivity contribution >= 4 is 77.6 Å². The fraction of sp³-hybridized carbons (Fsp3) is 0.0750. The van der Waals surface area contributed by atoms with Crippen LogP contribution in [0.3, 0.4) is 0 Å². The van der Waals surface area contributed by atoms with Crippen LogP contribution in [-0.4, -0.2) is 0 Å². The second kappa shape index (κ2) is 19.8. The molecule has 0 fully saturated rings. The Balaban J connectivity index is 1.08. The van der Waals surface area contributed by atoms with E-state index in [1.54, 1.807) is 0 Å². The van der Waals surface area contributed by atoms with E-state index >= 15 is 0 Å². The Morgan fingerprint density at radius 1 is 0.277 bits per heavy atom. The van der Waals surface area contributed by atoms with Gasteiger partial charge in [0.1, 0.15) is 5.58 Å². The highest BCUT2D eigenvalue weighted by molar-refractivity contribution is 6.33. The molecule has 1 aliphatic rings. The predicted molar refractivity (Wildman–Crippen MR) is 352 cm³/mol. The maximum absolute atomic E-state index is 6.87. The summed E-state index contributed by atoms with van der Waals surface area (Å²) in [6, 6.07) is 100. The topological polar surface area (TPSA) is 19.6 Å². The van der Waals surface area contributed by atoms with Crippen LogP contribution in [0.2, 0.25) is 0 Å². The van der Waals surface area contributed by atoms with Gasteiger partial charge in [-0.05, 0) is 185 Å². The quantitative estimate of drug-likeness (QED) is 0.136. The van der Waals surface area contributed by atoms with Gasteiger partial charge in [0, 0.05) is 39.2 Å². The molecule has 0 saturated carbocycles. The van der Waals surface area contributed by atoms with Crippen LogP contribution < -0.4 is 9.80 Å². The zero-order valence-corrected chi connectivity index (χ0v) is 47.3. The van der Waals surface area contributed by atoms with Crippen LogP contribution in [-0.2, 0) is 5.41 Å². The lowest BCUT2D eigenvalue weighted by atomic mass is 9.65. The van der Waals surface area contributed by atoms with Gasteiger partial charge >= 0.3 is 0 Å². The van der Waals surface area contributed by atoms with Crippen LogP contribution >= 0.6 is 0 Å². The van der Waals surface area contributed by atoms with Crippen molar-refractivity contribution < 1.29 is 4.42 Å². The minimum absolute atomic E-state index is 0.0415. The summed E-state index contributed by atoms with van der Waals surface area (Å²) in [5, 5.41) is 6.96. The van der Waals surface area contributed by atoms with E-state index in [4.69, 9.17) is 4.42 Å². The van der Waals surface area contributed by atoms with Gasteiger partial charge in [-0.25, -0.2) is 0 Å². The number of furan rings is 1. The molecule has 13 aromatic carbocycles. The first kappa shape index (κ1) is 49.8. The van der Waals surface area contributed by atoms with Crippen LogP contribution in [0.15, 0.2) is 277 Å². The molecule has 3 nitrogen and oxygen atoms in total. The fourth-order valence-corrected chi connectivity index (χ4v) is 13.2. The van der Waals surface area contributed by atoms with E-state index in [0.717, 1.165) is 55.9 Å². The van der Waals surface area contributed by atoms with Crippen molar-refractivity contribution in [1.82, 2.24) is 0 Å². The number of hydrogen-bond acceptors (Lipinski definition) is 3. The maximum atomic E-state index is 6.87. The molecule has 0 atom stereocenters. The average Bonchev–Trinajstić information content (AvgIpc) is 1.80. The molecular formula is C80H60N2O. The Kier molecular flexibility index (Phi) is 11.9. The van der Waals surface area contributed by atoms with Crippen LogP contribution in [0.25, 0.3) is 110 Å². The van der Waals surface area contributed by atoms with Crippen molar-refractivity contribution in [3.8, 4) is 66.8 Å². The molecule has 0 unspecified atom stereocenters. The van der Waals surface area contributed by atoms with Gasteiger partial charge in [-0.2, -0.15) is 0 Å². The van der Waals surface area contributed by atoms with Crippen LogP contribution in [0, 0.1) is 13.8 Å². The molecule has 0 bridgehead atoms. The molecule has 1 aromatic heterocycles. The Morgan fingerprint density at radius 3 is 1.22 bits per heavy atom. The Morgan fingerprint density at radius 2 is 0.699 bits per heavy atom. The number of para-hydroxylation sites is 4. The molecule has 0 spiro atoms. The Hall–Kier alpha value is -10.2. The minimum atomic E-state index is -0.0415. The molecule has 1 heterocycles. The molecule has 83 heavy (non-hydrogen) atoms. The van der Waals surface area contributed by atoms with E-state index in [2.05, 4.69) is 317 Å². The highest BCUT2D eigenvalue weighted by atomic mass is 16.3. The monoisotopic (exact) mass is 1060 g/mol. The maximum Gasteiger partial charge on any atom is 0.159 e. The first-order valence-corrected chi connectivity index (χ1v) is 28.9. The zero-order chi connectivity index (χ0) is 55.9. The average molecular weight is 1070 g/mol. The van der Waals surface area contributed by atoms with E-state index in [-0.39, 0.29) is 5.41 Å². The molecule has 15 rings (SSSR count). The number of anilines is 6. The summed E-state index contributed by atoms with van der Waals surface area (Å²) in [6.07, 6.45) is 0. The minimum Gasteiger partial charge on any atom is -0.454 e. The zero-order valence-electron chi connectivity index (χ0n) is 47.3. The largest absolute Gasteiger partial charge is 0.454 e. The molecule has 0 radical (unpaired) electrons. The van der Waals surface area contributed by atoms with Crippen molar-refractivity contribution in [3.05, 3.63) is 290 Å². The van der Waals surface area contributed by atoms with Gasteiger partial charge in [-0.1, -0.05) is 233 Å². The van der Waals surface area contributed by atoms with Crippen LogP contribution in [0.4, 0.5) is 34.1 Å². The van der Waals surface area contributed by atoms with E-state index in [1.807, 2.05) is 0 Å². The first-order chi connectivity index (χ1) is 40.7. The van der Waals surface area contributed by atoms with Gasteiger partial charge in [-0.15, -0.1) is 0 Å². The van der Waals surface area contributed by atoms with Crippen molar-refractivity contribution in [2.75, 3.05) is 9.80 Å². The first-order valence-electron chi connectivity index (χ1n) is 28.9. The summed E-state index contributed by atoms with van der Waals surface area (Å²) in [5.74, 6) is 0. The molecule has 3 heteroatoms.